The van der Waals surface area contributed by atoms with Gasteiger partial charge in [0.25, 0.3) is 5.91 Å². The van der Waals surface area contributed by atoms with Gasteiger partial charge in [-0.05, 0) is 61.0 Å². The van der Waals surface area contributed by atoms with Crippen LogP contribution in [0.15, 0.2) is 34.1 Å². The Hall–Kier alpha value is -1.13. The third-order valence-electron chi connectivity index (χ3n) is 3.83. The molecule has 0 fully saturated rings. The van der Waals surface area contributed by atoms with Crippen LogP contribution >= 0.6 is 27.3 Å². The van der Waals surface area contributed by atoms with Crippen molar-refractivity contribution in [3.8, 4) is 0 Å². The van der Waals surface area contributed by atoms with Gasteiger partial charge in [0.15, 0.2) is 0 Å². The molecule has 4 heteroatoms. The van der Waals surface area contributed by atoms with Gasteiger partial charge in [0.1, 0.15) is 0 Å². The van der Waals surface area contributed by atoms with Crippen molar-refractivity contribution in [3.05, 3.63) is 55.7 Å². The Morgan fingerprint density at radius 2 is 2.20 bits per heavy atom. The number of fused-ring (bicyclic) bond motifs is 1. The van der Waals surface area contributed by atoms with Crippen molar-refractivity contribution in [1.29, 1.82) is 0 Å². The first kappa shape index (κ1) is 13.8. The molecule has 20 heavy (non-hydrogen) atoms. The fourth-order valence-electron chi connectivity index (χ4n) is 2.81. The van der Waals surface area contributed by atoms with Crippen LogP contribution in [0.3, 0.4) is 0 Å². The molecule has 0 N–H and O–H groups in total. The Balaban J connectivity index is 1.92. The molecular formula is C16H16BrNOS. The van der Waals surface area contributed by atoms with Gasteiger partial charge >= 0.3 is 0 Å². The first-order valence-electron chi connectivity index (χ1n) is 6.70. The molecule has 1 aromatic heterocycles. The summed E-state index contributed by atoms with van der Waals surface area (Å²) < 4.78 is 0.960. The quantitative estimate of drug-likeness (QED) is 0.737. The molecule has 0 saturated heterocycles. The summed E-state index contributed by atoms with van der Waals surface area (Å²) >= 11 is 5.27. The zero-order chi connectivity index (χ0) is 14.3. The molecule has 0 spiro atoms. The number of nitrogens with zero attached hydrogens (tertiary/aromatic N) is 1. The fraction of sp³-hybridized carbons (Fsp3) is 0.312. The maximum Gasteiger partial charge on any atom is 0.254 e. The zero-order valence-electron chi connectivity index (χ0n) is 11.5. The van der Waals surface area contributed by atoms with Crippen molar-refractivity contribution in [2.45, 2.75) is 26.3 Å². The predicted molar refractivity (Wildman–Crippen MR) is 86.4 cm³/mol. The molecule has 2 nitrogen and oxygen atoms in total. The van der Waals surface area contributed by atoms with Crippen LogP contribution in [0.1, 0.15) is 39.3 Å². The summed E-state index contributed by atoms with van der Waals surface area (Å²) in [4.78, 5) is 16.2. The highest BCUT2D eigenvalue weighted by Gasteiger charge is 2.29. The number of amides is 1. The lowest BCUT2D eigenvalue weighted by molar-refractivity contribution is 0.0679. The van der Waals surface area contributed by atoms with E-state index in [9.17, 15) is 4.79 Å². The van der Waals surface area contributed by atoms with Crippen LogP contribution in [-0.2, 0) is 6.42 Å². The van der Waals surface area contributed by atoms with Crippen LogP contribution in [0.5, 0.6) is 0 Å². The van der Waals surface area contributed by atoms with Crippen molar-refractivity contribution < 1.29 is 4.79 Å². The topological polar surface area (TPSA) is 20.3 Å². The number of aryl methyl sites for hydroxylation is 1. The van der Waals surface area contributed by atoms with Crippen molar-refractivity contribution in [1.82, 2.24) is 4.90 Å². The number of halogens is 1. The third kappa shape index (κ3) is 2.42. The zero-order valence-corrected chi connectivity index (χ0v) is 13.9. The Morgan fingerprint density at radius 1 is 1.40 bits per heavy atom. The monoisotopic (exact) mass is 349 g/mol. The summed E-state index contributed by atoms with van der Waals surface area (Å²) in [6, 6.07) is 8.20. The number of hydrogen-bond donors (Lipinski definition) is 0. The highest BCUT2D eigenvalue weighted by molar-refractivity contribution is 9.10. The maximum absolute atomic E-state index is 12.8. The third-order valence-corrected chi connectivity index (χ3v) is 5.28. The van der Waals surface area contributed by atoms with Gasteiger partial charge in [-0.25, -0.2) is 0 Å². The number of thiophene rings is 1. The molecule has 1 aliphatic heterocycles. The van der Waals surface area contributed by atoms with Gasteiger partial charge in [-0.1, -0.05) is 15.9 Å². The van der Waals surface area contributed by atoms with E-state index < -0.39 is 0 Å². The molecule has 0 radical (unpaired) electrons. The molecular weight excluding hydrogens is 334 g/mol. The fourth-order valence-corrected chi connectivity index (χ4v) is 4.38. The number of benzene rings is 1. The summed E-state index contributed by atoms with van der Waals surface area (Å²) in [5.41, 5.74) is 3.17. The number of hydrogen-bond acceptors (Lipinski definition) is 2. The average Bonchev–Trinajstić information content (AvgIpc) is 2.86. The molecule has 104 valence electrons. The van der Waals surface area contributed by atoms with Crippen molar-refractivity contribution in [3.63, 3.8) is 0 Å². The Morgan fingerprint density at radius 3 is 2.95 bits per heavy atom. The van der Waals surface area contributed by atoms with Crippen LogP contribution in [-0.4, -0.2) is 17.4 Å². The van der Waals surface area contributed by atoms with Gasteiger partial charge in [0.2, 0.25) is 0 Å². The van der Waals surface area contributed by atoms with E-state index in [2.05, 4.69) is 34.3 Å². The van der Waals surface area contributed by atoms with E-state index in [0.717, 1.165) is 28.6 Å². The number of carbonyl (C=O) groups is 1. The minimum Gasteiger partial charge on any atom is -0.331 e. The SMILES string of the molecule is Cc1cc(Br)cc(C(=O)N2CCc3sccc3C2C)c1. The summed E-state index contributed by atoms with van der Waals surface area (Å²) in [7, 11) is 0. The summed E-state index contributed by atoms with van der Waals surface area (Å²) in [6.07, 6.45) is 0.968. The summed E-state index contributed by atoms with van der Waals surface area (Å²) in [6.45, 7) is 4.94. The Labute approximate surface area is 131 Å². The second kappa shape index (κ2) is 5.34. The standard InChI is InChI=1S/C16H16BrNOS/c1-10-7-12(9-13(17)8-10)16(19)18-5-3-15-14(11(18)2)4-6-20-15/h4,6-9,11H,3,5H2,1-2H3. The molecule has 2 heterocycles. The average molecular weight is 350 g/mol. The minimum absolute atomic E-state index is 0.124. The number of rotatable bonds is 1. The van der Waals surface area contributed by atoms with Gasteiger partial charge < -0.3 is 4.90 Å². The first-order valence-corrected chi connectivity index (χ1v) is 8.38. The highest BCUT2D eigenvalue weighted by Crippen LogP contribution is 2.33. The van der Waals surface area contributed by atoms with E-state index in [0.29, 0.717) is 0 Å². The highest BCUT2D eigenvalue weighted by atomic mass is 79.9. The van der Waals surface area contributed by atoms with Gasteiger partial charge in [-0.15, -0.1) is 11.3 Å². The molecule has 0 saturated carbocycles. The van der Waals surface area contributed by atoms with Crippen LogP contribution < -0.4 is 0 Å². The minimum atomic E-state index is 0.124. The Kier molecular flexibility index (Phi) is 3.69. The molecule has 0 bridgehead atoms. The van der Waals surface area contributed by atoms with E-state index >= 15 is 0 Å². The van der Waals surface area contributed by atoms with Crippen molar-refractivity contribution in [2.24, 2.45) is 0 Å². The normalized spacial score (nSPS) is 17.9. The van der Waals surface area contributed by atoms with Gasteiger partial charge in [0.05, 0.1) is 6.04 Å². The van der Waals surface area contributed by atoms with E-state index in [-0.39, 0.29) is 11.9 Å². The molecule has 1 unspecified atom stereocenters. The molecule has 1 aliphatic rings. The maximum atomic E-state index is 12.8. The van der Waals surface area contributed by atoms with E-state index in [1.165, 1.54) is 10.4 Å². The molecule has 1 atom stereocenters. The van der Waals surface area contributed by atoms with Gasteiger partial charge in [-0.2, -0.15) is 0 Å². The molecule has 0 aliphatic carbocycles. The van der Waals surface area contributed by atoms with E-state index in [1.54, 1.807) is 11.3 Å². The predicted octanol–water partition coefficient (Wildman–Crippen LogP) is 4.58. The lowest BCUT2D eigenvalue weighted by Gasteiger charge is -2.33. The smallest absolute Gasteiger partial charge is 0.254 e. The second-order valence-electron chi connectivity index (χ2n) is 5.24. The van der Waals surface area contributed by atoms with E-state index in [4.69, 9.17) is 0 Å². The van der Waals surface area contributed by atoms with Gasteiger partial charge in [0, 0.05) is 21.5 Å². The van der Waals surface area contributed by atoms with Gasteiger partial charge in [-0.3, -0.25) is 4.79 Å². The molecule has 1 amide bonds. The van der Waals surface area contributed by atoms with Crippen LogP contribution in [0.2, 0.25) is 0 Å². The van der Waals surface area contributed by atoms with Crippen molar-refractivity contribution in [2.75, 3.05) is 6.54 Å². The second-order valence-corrected chi connectivity index (χ2v) is 7.16. The number of carbonyl (C=O) groups excluding carboxylic acids is 1. The van der Waals surface area contributed by atoms with Crippen molar-refractivity contribution >= 4 is 33.2 Å². The molecule has 3 rings (SSSR count). The first-order chi connectivity index (χ1) is 9.56. The largest absolute Gasteiger partial charge is 0.331 e. The summed E-state index contributed by atoms with van der Waals surface area (Å²) in [5, 5.41) is 2.12. The molecule has 2 aromatic rings. The summed E-state index contributed by atoms with van der Waals surface area (Å²) in [5.74, 6) is 0.124. The van der Waals surface area contributed by atoms with Crippen LogP contribution in [0.4, 0.5) is 0 Å². The Bertz CT molecular complexity index is 644. The van der Waals surface area contributed by atoms with Crippen LogP contribution in [0, 0.1) is 6.92 Å². The lowest BCUT2D eigenvalue weighted by Crippen LogP contribution is -2.38. The van der Waals surface area contributed by atoms with Crippen LogP contribution in [0.25, 0.3) is 0 Å². The van der Waals surface area contributed by atoms with E-state index in [1.807, 2.05) is 30.0 Å². The lowest BCUT2D eigenvalue weighted by atomic mass is 10.00. The molecule has 1 aromatic carbocycles.